The number of nitrogens with zero attached hydrogens (tertiary/aromatic N) is 4. The lowest BCUT2D eigenvalue weighted by Gasteiger charge is -2.04. The maximum atomic E-state index is 12.2. The van der Waals surface area contributed by atoms with Crippen molar-refractivity contribution in [2.45, 2.75) is 0 Å². The van der Waals surface area contributed by atoms with Gasteiger partial charge in [0, 0.05) is 25.7 Å². The zero-order valence-electron chi connectivity index (χ0n) is 12.5. The van der Waals surface area contributed by atoms with Gasteiger partial charge in [0.05, 0.1) is 0 Å². The van der Waals surface area contributed by atoms with E-state index in [0.717, 1.165) is 10.1 Å². The summed E-state index contributed by atoms with van der Waals surface area (Å²) in [5.41, 5.74) is 1.07. The van der Waals surface area contributed by atoms with Gasteiger partial charge in [0.2, 0.25) is 5.71 Å². The third kappa shape index (κ3) is 1.90. The van der Waals surface area contributed by atoms with E-state index in [1.54, 1.807) is 13.1 Å². The molecule has 0 aliphatic carbocycles. The molecule has 1 aromatic carbocycles. The Kier molecular flexibility index (Phi) is 2.71. The Morgan fingerprint density at radius 1 is 1.00 bits per heavy atom. The number of rotatable bonds is 1. The summed E-state index contributed by atoms with van der Waals surface area (Å²) < 4.78 is 8.03. The van der Waals surface area contributed by atoms with Crippen molar-refractivity contribution in [3.8, 4) is 11.3 Å². The van der Waals surface area contributed by atoms with Gasteiger partial charge in [0.1, 0.15) is 11.3 Å². The van der Waals surface area contributed by atoms with Gasteiger partial charge in [-0.2, -0.15) is 0 Å². The molecular formula is C16H12N4O3. The minimum atomic E-state index is -0.491. The summed E-state index contributed by atoms with van der Waals surface area (Å²) >= 11 is 0. The fourth-order valence-electron chi connectivity index (χ4n) is 2.53. The highest BCUT2D eigenvalue weighted by Gasteiger charge is 2.15. The molecule has 23 heavy (non-hydrogen) atoms. The summed E-state index contributed by atoms with van der Waals surface area (Å²) in [6.07, 6.45) is 0. The van der Waals surface area contributed by atoms with Crippen LogP contribution in [0.15, 0.2) is 50.4 Å². The second kappa shape index (κ2) is 4.64. The normalized spacial score (nSPS) is 11.4. The predicted octanol–water partition coefficient (Wildman–Crippen LogP) is 1.44. The Balaban J connectivity index is 2.09. The Morgan fingerprint density at radius 3 is 2.48 bits per heavy atom. The van der Waals surface area contributed by atoms with Crippen molar-refractivity contribution >= 4 is 22.4 Å². The molecule has 0 spiro atoms. The van der Waals surface area contributed by atoms with Crippen LogP contribution in [0.5, 0.6) is 0 Å². The van der Waals surface area contributed by atoms with E-state index in [1.807, 2.05) is 30.3 Å². The minimum absolute atomic E-state index is 0.107. The van der Waals surface area contributed by atoms with Crippen LogP contribution >= 0.6 is 0 Å². The lowest BCUT2D eigenvalue weighted by atomic mass is 10.2. The van der Waals surface area contributed by atoms with Gasteiger partial charge in [0.25, 0.3) is 5.56 Å². The van der Waals surface area contributed by atoms with Crippen LogP contribution in [0.25, 0.3) is 33.7 Å². The molecule has 3 aromatic heterocycles. The molecule has 0 fully saturated rings. The molecule has 0 saturated carbocycles. The van der Waals surface area contributed by atoms with Gasteiger partial charge >= 0.3 is 5.69 Å². The lowest BCUT2D eigenvalue weighted by molar-refractivity contribution is 0.618. The smallest absolute Gasteiger partial charge is 0.332 e. The van der Waals surface area contributed by atoms with E-state index < -0.39 is 11.2 Å². The van der Waals surface area contributed by atoms with Crippen molar-refractivity contribution in [3.63, 3.8) is 0 Å². The molecule has 0 N–H and O–H groups in total. The maximum Gasteiger partial charge on any atom is 0.332 e. The Bertz CT molecular complexity index is 1170. The fourth-order valence-corrected chi connectivity index (χ4v) is 2.53. The van der Waals surface area contributed by atoms with Gasteiger partial charge in [-0.05, 0) is 0 Å². The summed E-state index contributed by atoms with van der Waals surface area (Å²) in [4.78, 5) is 32.9. The fraction of sp³-hybridized carbons (Fsp3) is 0.125. The van der Waals surface area contributed by atoms with Crippen LogP contribution in [0.3, 0.4) is 0 Å². The van der Waals surface area contributed by atoms with Crippen LogP contribution in [-0.4, -0.2) is 19.1 Å². The molecule has 4 aromatic rings. The van der Waals surface area contributed by atoms with E-state index in [0.29, 0.717) is 11.3 Å². The molecule has 7 nitrogen and oxygen atoms in total. The highest BCUT2D eigenvalue weighted by Crippen LogP contribution is 2.26. The van der Waals surface area contributed by atoms with Crippen LogP contribution in [0.2, 0.25) is 0 Å². The molecule has 0 bridgehead atoms. The van der Waals surface area contributed by atoms with Gasteiger partial charge in [0.15, 0.2) is 11.2 Å². The third-order valence-corrected chi connectivity index (χ3v) is 3.80. The van der Waals surface area contributed by atoms with Crippen molar-refractivity contribution in [2.24, 2.45) is 14.1 Å². The first-order chi connectivity index (χ1) is 11.1. The van der Waals surface area contributed by atoms with Crippen LogP contribution in [0.1, 0.15) is 0 Å². The van der Waals surface area contributed by atoms with Crippen molar-refractivity contribution in [1.29, 1.82) is 0 Å². The van der Waals surface area contributed by atoms with Crippen molar-refractivity contribution in [1.82, 2.24) is 19.1 Å². The van der Waals surface area contributed by atoms with Gasteiger partial charge in [-0.1, -0.05) is 30.3 Å². The van der Waals surface area contributed by atoms with Crippen LogP contribution in [-0.2, 0) is 14.1 Å². The first-order valence-corrected chi connectivity index (χ1v) is 6.99. The topological polar surface area (TPSA) is 82.9 Å². The number of aromatic nitrogens is 4. The number of aryl methyl sites for hydroxylation is 1. The molecule has 0 amide bonds. The van der Waals surface area contributed by atoms with E-state index in [4.69, 9.17) is 4.42 Å². The molecule has 0 radical (unpaired) electrons. The lowest BCUT2D eigenvalue weighted by Crippen LogP contribution is -2.37. The first-order valence-electron chi connectivity index (χ1n) is 6.99. The Morgan fingerprint density at radius 2 is 1.74 bits per heavy atom. The number of hydrogen-bond donors (Lipinski definition) is 0. The number of hydrogen-bond acceptors (Lipinski definition) is 5. The summed E-state index contributed by atoms with van der Waals surface area (Å²) in [5.74, 6) is 0.609. The molecule has 7 heteroatoms. The summed E-state index contributed by atoms with van der Waals surface area (Å²) in [7, 11) is 2.97. The molecule has 0 unspecified atom stereocenters. The predicted molar refractivity (Wildman–Crippen MR) is 85.2 cm³/mol. The first kappa shape index (κ1) is 13.4. The average Bonchev–Trinajstić information content (AvgIpc) is 3.00. The van der Waals surface area contributed by atoms with Crippen molar-refractivity contribution in [2.75, 3.05) is 0 Å². The Labute approximate surface area is 129 Å². The van der Waals surface area contributed by atoms with Crippen LogP contribution in [0, 0.1) is 0 Å². The van der Waals surface area contributed by atoms with Crippen LogP contribution in [0.4, 0.5) is 0 Å². The summed E-state index contributed by atoms with van der Waals surface area (Å²) in [6, 6.07) is 11.3. The van der Waals surface area contributed by atoms with Gasteiger partial charge in [-0.15, -0.1) is 0 Å². The largest absolute Gasteiger partial charge is 0.436 e. The zero-order valence-corrected chi connectivity index (χ0v) is 12.5. The molecule has 4 rings (SSSR count). The second-order valence-corrected chi connectivity index (χ2v) is 5.27. The van der Waals surface area contributed by atoms with Gasteiger partial charge < -0.3 is 4.42 Å². The highest BCUT2D eigenvalue weighted by molar-refractivity contribution is 5.84. The number of fused-ring (bicyclic) bond motifs is 2. The van der Waals surface area contributed by atoms with E-state index in [-0.39, 0.29) is 16.9 Å². The van der Waals surface area contributed by atoms with Gasteiger partial charge in [-0.3, -0.25) is 13.9 Å². The Hall–Kier alpha value is -3.22. The molecule has 0 aliphatic heterocycles. The van der Waals surface area contributed by atoms with Crippen molar-refractivity contribution in [3.05, 3.63) is 57.2 Å². The molecular weight excluding hydrogens is 296 g/mol. The third-order valence-electron chi connectivity index (χ3n) is 3.80. The highest BCUT2D eigenvalue weighted by atomic mass is 16.3. The van der Waals surface area contributed by atoms with E-state index >= 15 is 0 Å². The quantitative estimate of drug-likeness (QED) is 0.531. The maximum absolute atomic E-state index is 12.2. The van der Waals surface area contributed by atoms with Crippen LogP contribution < -0.4 is 11.2 Å². The zero-order chi connectivity index (χ0) is 16.1. The van der Waals surface area contributed by atoms with Crippen molar-refractivity contribution < 1.29 is 4.42 Å². The molecule has 0 aliphatic rings. The van der Waals surface area contributed by atoms with E-state index in [1.165, 1.54) is 11.6 Å². The molecule has 0 saturated heterocycles. The molecule has 114 valence electrons. The molecule has 3 heterocycles. The minimum Gasteiger partial charge on any atom is -0.436 e. The SMILES string of the molecule is Cn1c(=O)c2nc3oc(-c4ccccc4)cc3nc2n(C)c1=O. The molecule has 0 atom stereocenters. The number of benzene rings is 1. The van der Waals surface area contributed by atoms with E-state index in [2.05, 4.69) is 9.97 Å². The van der Waals surface area contributed by atoms with E-state index in [9.17, 15) is 9.59 Å². The monoisotopic (exact) mass is 308 g/mol. The standard InChI is InChI=1S/C16H12N4O3/c1-19-13-12(15(21)20(2)16(19)22)18-14-10(17-13)8-11(23-14)9-6-4-3-5-7-9/h3-8H,1-2H3. The van der Waals surface area contributed by atoms with Gasteiger partial charge in [-0.25, -0.2) is 14.8 Å². The average molecular weight is 308 g/mol. The summed E-state index contributed by atoms with van der Waals surface area (Å²) in [6.45, 7) is 0. The second-order valence-electron chi connectivity index (χ2n) is 5.27. The summed E-state index contributed by atoms with van der Waals surface area (Å²) in [5, 5.41) is 0. The number of furan rings is 1.